The van der Waals surface area contributed by atoms with E-state index in [4.69, 9.17) is 4.98 Å². The third-order valence-electron chi connectivity index (χ3n) is 5.42. The quantitative estimate of drug-likeness (QED) is 0.750. The van der Waals surface area contributed by atoms with Crippen LogP contribution >= 0.6 is 0 Å². The van der Waals surface area contributed by atoms with Gasteiger partial charge in [0.05, 0.1) is 11.2 Å². The topological polar surface area (TPSA) is 19.4 Å². The molecule has 3 heteroatoms. The van der Waals surface area contributed by atoms with Gasteiger partial charge in [-0.05, 0) is 57.3 Å². The number of para-hydroxylation sites is 1. The summed E-state index contributed by atoms with van der Waals surface area (Å²) >= 11 is 0. The van der Waals surface area contributed by atoms with E-state index in [-0.39, 0.29) is 0 Å². The molecule has 4 rings (SSSR count). The van der Waals surface area contributed by atoms with Crippen LogP contribution in [0, 0.1) is 0 Å². The van der Waals surface area contributed by atoms with E-state index in [1.807, 2.05) is 0 Å². The maximum Gasteiger partial charge on any atom is 0.0726 e. The summed E-state index contributed by atoms with van der Waals surface area (Å²) < 4.78 is 0. The first kappa shape index (κ1) is 14.9. The molecule has 2 aromatic rings. The summed E-state index contributed by atoms with van der Waals surface area (Å²) in [5.41, 5.74) is 5.60. The molecule has 0 radical (unpaired) electrons. The van der Waals surface area contributed by atoms with E-state index in [9.17, 15) is 0 Å². The molecule has 0 amide bonds. The second kappa shape index (κ2) is 6.48. The molecule has 3 nitrogen and oxygen atoms in total. The van der Waals surface area contributed by atoms with E-state index in [0.29, 0.717) is 0 Å². The van der Waals surface area contributed by atoms with Gasteiger partial charge in [0, 0.05) is 30.7 Å². The Bertz CT molecular complexity index is 695. The maximum atomic E-state index is 5.03. The van der Waals surface area contributed by atoms with Crippen LogP contribution in [0.15, 0.2) is 24.3 Å². The van der Waals surface area contributed by atoms with Gasteiger partial charge in [-0.2, -0.15) is 0 Å². The minimum absolute atomic E-state index is 1.14. The number of pyridine rings is 1. The van der Waals surface area contributed by atoms with Crippen molar-refractivity contribution in [2.75, 3.05) is 38.1 Å². The minimum Gasteiger partial charge on any atom is -0.369 e. The van der Waals surface area contributed by atoms with E-state index in [1.165, 1.54) is 67.5 Å². The first-order valence-electron chi connectivity index (χ1n) is 9.17. The molecule has 0 saturated carbocycles. The third kappa shape index (κ3) is 2.94. The first-order valence-corrected chi connectivity index (χ1v) is 9.17. The number of aryl methyl sites for hydroxylation is 1. The van der Waals surface area contributed by atoms with Crippen LogP contribution in [0.1, 0.15) is 36.9 Å². The lowest BCUT2D eigenvalue weighted by Crippen LogP contribution is -2.30. The van der Waals surface area contributed by atoms with Crippen molar-refractivity contribution in [3.05, 3.63) is 35.5 Å². The van der Waals surface area contributed by atoms with E-state index < -0.39 is 0 Å². The molecule has 1 aromatic carbocycles. The van der Waals surface area contributed by atoms with Crippen molar-refractivity contribution >= 4 is 16.6 Å². The molecule has 0 spiro atoms. The zero-order valence-electron chi connectivity index (χ0n) is 14.2. The Balaban J connectivity index is 1.86. The molecule has 1 aliphatic carbocycles. The minimum atomic E-state index is 1.14. The zero-order valence-corrected chi connectivity index (χ0v) is 14.2. The molecule has 23 heavy (non-hydrogen) atoms. The Kier molecular flexibility index (Phi) is 4.21. The molecule has 1 aliphatic heterocycles. The van der Waals surface area contributed by atoms with Gasteiger partial charge in [0.2, 0.25) is 0 Å². The number of nitrogens with zero attached hydrogens (tertiary/aromatic N) is 3. The lowest BCUT2D eigenvalue weighted by atomic mass is 10.0. The standard InChI is InChI=1S/C20H27N3/c1-22-12-7-13-23(15-14-22)20-16-8-3-2-4-10-18(16)21-19-11-6-5-9-17(19)20/h5-6,9,11H,2-4,7-8,10,12-15H2,1H3. The molecule has 0 bridgehead atoms. The number of benzene rings is 1. The third-order valence-corrected chi connectivity index (χ3v) is 5.42. The molecule has 2 heterocycles. The Morgan fingerprint density at radius 1 is 0.870 bits per heavy atom. The second-order valence-corrected chi connectivity index (χ2v) is 7.11. The van der Waals surface area contributed by atoms with Gasteiger partial charge in [0.1, 0.15) is 0 Å². The fraction of sp³-hybridized carbons (Fsp3) is 0.550. The summed E-state index contributed by atoms with van der Waals surface area (Å²) in [5, 5.41) is 1.36. The molecule has 122 valence electrons. The normalized spacial score (nSPS) is 20.1. The van der Waals surface area contributed by atoms with Gasteiger partial charge in [0.25, 0.3) is 0 Å². The van der Waals surface area contributed by atoms with Crippen LogP contribution in [0.4, 0.5) is 5.69 Å². The number of rotatable bonds is 1. The number of hydrogen-bond acceptors (Lipinski definition) is 3. The molecule has 2 aliphatic rings. The van der Waals surface area contributed by atoms with Crippen molar-refractivity contribution in [2.45, 2.75) is 38.5 Å². The largest absolute Gasteiger partial charge is 0.369 e. The SMILES string of the molecule is CN1CCCN(c2c3c(nc4ccccc24)CCCCC3)CC1. The van der Waals surface area contributed by atoms with E-state index in [1.54, 1.807) is 5.56 Å². The van der Waals surface area contributed by atoms with Crippen LogP contribution in [0.2, 0.25) is 0 Å². The lowest BCUT2D eigenvalue weighted by molar-refractivity contribution is 0.360. The van der Waals surface area contributed by atoms with E-state index in [2.05, 4.69) is 41.1 Å². The van der Waals surface area contributed by atoms with Crippen LogP contribution in [-0.4, -0.2) is 43.1 Å². The van der Waals surface area contributed by atoms with Gasteiger partial charge >= 0.3 is 0 Å². The number of anilines is 1. The van der Waals surface area contributed by atoms with Crippen molar-refractivity contribution in [1.29, 1.82) is 0 Å². The van der Waals surface area contributed by atoms with Gasteiger partial charge in [-0.15, -0.1) is 0 Å². The van der Waals surface area contributed by atoms with Crippen LogP contribution in [0.5, 0.6) is 0 Å². The summed E-state index contributed by atoms with van der Waals surface area (Å²) in [6.45, 7) is 4.68. The average Bonchev–Trinajstić information content (AvgIpc) is 2.93. The molecule has 1 aromatic heterocycles. The highest BCUT2D eigenvalue weighted by Crippen LogP contribution is 2.35. The summed E-state index contributed by atoms with van der Waals surface area (Å²) in [4.78, 5) is 10.1. The van der Waals surface area contributed by atoms with Gasteiger partial charge < -0.3 is 9.80 Å². The Morgan fingerprint density at radius 3 is 2.70 bits per heavy atom. The van der Waals surface area contributed by atoms with Crippen molar-refractivity contribution < 1.29 is 0 Å². The van der Waals surface area contributed by atoms with Crippen LogP contribution in [0.25, 0.3) is 10.9 Å². The van der Waals surface area contributed by atoms with Crippen molar-refractivity contribution in [2.24, 2.45) is 0 Å². The maximum absolute atomic E-state index is 5.03. The molecular formula is C20H27N3. The second-order valence-electron chi connectivity index (χ2n) is 7.11. The number of fused-ring (bicyclic) bond motifs is 2. The molecule has 1 fully saturated rings. The van der Waals surface area contributed by atoms with E-state index in [0.717, 1.165) is 19.5 Å². The predicted octanol–water partition coefficient (Wildman–Crippen LogP) is 3.65. The smallest absolute Gasteiger partial charge is 0.0726 e. The highest BCUT2D eigenvalue weighted by molar-refractivity contribution is 5.94. The number of likely N-dealkylation sites (N-methyl/N-ethyl adjacent to an activating group) is 1. The molecule has 0 atom stereocenters. The summed E-state index contributed by atoms with van der Waals surface area (Å²) in [7, 11) is 2.24. The van der Waals surface area contributed by atoms with Crippen molar-refractivity contribution in [3.63, 3.8) is 0 Å². The van der Waals surface area contributed by atoms with E-state index >= 15 is 0 Å². The molecule has 0 N–H and O–H groups in total. The summed E-state index contributed by atoms with van der Waals surface area (Å²) in [6.07, 6.45) is 7.56. The fourth-order valence-corrected chi connectivity index (χ4v) is 4.16. The molecule has 1 saturated heterocycles. The average molecular weight is 309 g/mol. The van der Waals surface area contributed by atoms with Crippen molar-refractivity contribution in [1.82, 2.24) is 9.88 Å². The highest BCUT2D eigenvalue weighted by Gasteiger charge is 2.22. The van der Waals surface area contributed by atoms with Crippen molar-refractivity contribution in [3.8, 4) is 0 Å². The van der Waals surface area contributed by atoms with Crippen LogP contribution in [-0.2, 0) is 12.8 Å². The molecular weight excluding hydrogens is 282 g/mol. The van der Waals surface area contributed by atoms with Crippen LogP contribution in [0.3, 0.4) is 0 Å². The molecule has 0 unspecified atom stereocenters. The van der Waals surface area contributed by atoms with Gasteiger partial charge in [-0.25, -0.2) is 0 Å². The first-order chi connectivity index (χ1) is 11.3. The summed E-state index contributed by atoms with van der Waals surface area (Å²) in [5.74, 6) is 0. The van der Waals surface area contributed by atoms with Gasteiger partial charge in [-0.1, -0.05) is 24.6 Å². The Labute approximate surface area is 139 Å². The lowest BCUT2D eigenvalue weighted by Gasteiger charge is -2.28. The Hall–Kier alpha value is -1.61. The number of hydrogen-bond donors (Lipinski definition) is 0. The Morgan fingerprint density at radius 2 is 1.74 bits per heavy atom. The predicted molar refractivity (Wildman–Crippen MR) is 97.3 cm³/mol. The monoisotopic (exact) mass is 309 g/mol. The zero-order chi connectivity index (χ0) is 15.6. The van der Waals surface area contributed by atoms with Gasteiger partial charge in [0.15, 0.2) is 0 Å². The fourth-order valence-electron chi connectivity index (χ4n) is 4.16. The van der Waals surface area contributed by atoms with Crippen LogP contribution < -0.4 is 4.90 Å². The number of aromatic nitrogens is 1. The summed E-state index contributed by atoms with van der Waals surface area (Å²) in [6, 6.07) is 8.75. The highest BCUT2D eigenvalue weighted by atomic mass is 15.2. The van der Waals surface area contributed by atoms with Gasteiger partial charge in [-0.3, -0.25) is 4.98 Å².